The molecule has 102 valence electrons. The summed E-state index contributed by atoms with van der Waals surface area (Å²) in [5, 5.41) is 0. The van der Waals surface area contributed by atoms with Gasteiger partial charge in [-0.25, -0.2) is 13.1 Å². The summed E-state index contributed by atoms with van der Waals surface area (Å²) >= 11 is 0. The predicted octanol–water partition coefficient (Wildman–Crippen LogP) is 1.47. The van der Waals surface area contributed by atoms with Crippen molar-refractivity contribution in [2.75, 3.05) is 12.3 Å². The second-order valence-electron chi connectivity index (χ2n) is 5.64. The topological polar surface area (TPSA) is 72.2 Å². The summed E-state index contributed by atoms with van der Waals surface area (Å²) in [6.07, 6.45) is 4.97. The average Bonchev–Trinajstić information content (AvgIpc) is 2.24. The Morgan fingerprint density at radius 3 is 2.65 bits per heavy atom. The molecule has 3 N–H and O–H groups in total. The molecule has 0 radical (unpaired) electrons. The Labute approximate surface area is 105 Å². The Morgan fingerprint density at radius 1 is 1.35 bits per heavy atom. The van der Waals surface area contributed by atoms with Gasteiger partial charge < -0.3 is 5.73 Å². The minimum absolute atomic E-state index is 0.240. The number of hydrogen-bond donors (Lipinski definition) is 2. The molecule has 0 aromatic heterocycles. The molecule has 0 saturated heterocycles. The van der Waals surface area contributed by atoms with Gasteiger partial charge in [0.25, 0.3) is 0 Å². The number of rotatable bonds is 6. The molecular formula is C12H26N2O2S. The van der Waals surface area contributed by atoms with Gasteiger partial charge in [-0.1, -0.05) is 20.3 Å². The number of sulfonamides is 1. The van der Waals surface area contributed by atoms with Crippen LogP contribution in [0.15, 0.2) is 0 Å². The summed E-state index contributed by atoms with van der Waals surface area (Å²) in [5.74, 6) is 1.09. The molecule has 0 heterocycles. The predicted molar refractivity (Wildman–Crippen MR) is 71.2 cm³/mol. The van der Waals surface area contributed by atoms with Crippen molar-refractivity contribution < 1.29 is 8.42 Å². The van der Waals surface area contributed by atoms with Crippen molar-refractivity contribution in [3.8, 4) is 0 Å². The lowest BCUT2D eigenvalue weighted by Gasteiger charge is -2.26. The third-order valence-corrected chi connectivity index (χ3v) is 4.76. The lowest BCUT2D eigenvalue weighted by Crippen LogP contribution is -2.36. The van der Waals surface area contributed by atoms with E-state index in [1.54, 1.807) is 0 Å². The first-order valence-corrected chi connectivity index (χ1v) is 8.27. The van der Waals surface area contributed by atoms with Gasteiger partial charge in [-0.2, -0.15) is 0 Å². The third-order valence-electron chi connectivity index (χ3n) is 3.38. The fraction of sp³-hybridized carbons (Fsp3) is 1.00. The van der Waals surface area contributed by atoms with E-state index >= 15 is 0 Å². The maximum absolute atomic E-state index is 11.7. The first-order chi connectivity index (χ1) is 7.89. The lowest BCUT2D eigenvalue weighted by molar-refractivity contribution is 0.322. The van der Waals surface area contributed by atoms with Gasteiger partial charge in [0.2, 0.25) is 10.0 Å². The second-order valence-corrected chi connectivity index (χ2v) is 7.57. The van der Waals surface area contributed by atoms with E-state index in [1.165, 1.54) is 0 Å². The Hall–Kier alpha value is -0.130. The first kappa shape index (κ1) is 14.9. The molecule has 17 heavy (non-hydrogen) atoms. The monoisotopic (exact) mass is 262 g/mol. The standard InChI is InChI=1S/C12H26N2O2S/c1-10(2)6-7-17(15,16)14-9-11-4-3-5-12(13)8-11/h10-12,14H,3-9,13H2,1-2H3. The number of hydrogen-bond acceptors (Lipinski definition) is 3. The summed E-state index contributed by atoms with van der Waals surface area (Å²) < 4.78 is 26.2. The highest BCUT2D eigenvalue weighted by Crippen LogP contribution is 2.22. The summed E-state index contributed by atoms with van der Waals surface area (Å²) in [6.45, 7) is 4.64. The fourth-order valence-electron chi connectivity index (χ4n) is 2.23. The number of nitrogens with two attached hydrogens (primary N) is 1. The SMILES string of the molecule is CC(C)CCS(=O)(=O)NCC1CCCC(N)C1. The van der Waals surface area contributed by atoms with Gasteiger partial charge >= 0.3 is 0 Å². The maximum atomic E-state index is 11.7. The van der Waals surface area contributed by atoms with E-state index in [2.05, 4.69) is 4.72 Å². The van der Waals surface area contributed by atoms with E-state index in [1.807, 2.05) is 13.8 Å². The highest BCUT2D eigenvalue weighted by Gasteiger charge is 2.21. The molecular weight excluding hydrogens is 236 g/mol. The molecule has 5 heteroatoms. The largest absolute Gasteiger partial charge is 0.328 e. The Kier molecular flexibility index (Phi) is 5.89. The Bertz CT molecular complexity index is 314. The van der Waals surface area contributed by atoms with Gasteiger partial charge in [0, 0.05) is 12.6 Å². The molecule has 0 bridgehead atoms. The van der Waals surface area contributed by atoms with Crippen molar-refractivity contribution in [1.29, 1.82) is 0 Å². The van der Waals surface area contributed by atoms with Gasteiger partial charge in [-0.15, -0.1) is 0 Å². The van der Waals surface area contributed by atoms with Gasteiger partial charge in [-0.05, 0) is 37.5 Å². The zero-order valence-electron chi connectivity index (χ0n) is 11.0. The van der Waals surface area contributed by atoms with E-state index in [9.17, 15) is 8.42 Å². The molecule has 0 aliphatic heterocycles. The minimum Gasteiger partial charge on any atom is -0.328 e. The molecule has 0 amide bonds. The van der Waals surface area contributed by atoms with Crippen molar-refractivity contribution in [3.05, 3.63) is 0 Å². The molecule has 2 atom stereocenters. The molecule has 4 nitrogen and oxygen atoms in total. The van der Waals surface area contributed by atoms with Gasteiger partial charge in [-0.3, -0.25) is 0 Å². The smallest absolute Gasteiger partial charge is 0.211 e. The number of nitrogens with one attached hydrogen (secondary N) is 1. The van der Waals surface area contributed by atoms with Crippen LogP contribution >= 0.6 is 0 Å². The van der Waals surface area contributed by atoms with Crippen molar-refractivity contribution in [2.24, 2.45) is 17.6 Å². The van der Waals surface area contributed by atoms with Crippen molar-refractivity contribution in [1.82, 2.24) is 4.72 Å². The summed E-state index contributed by atoms with van der Waals surface area (Å²) in [5.41, 5.74) is 5.89. The van der Waals surface area contributed by atoms with E-state index in [0.717, 1.165) is 32.1 Å². The molecule has 1 fully saturated rings. The van der Waals surface area contributed by atoms with Crippen LogP contribution in [0.5, 0.6) is 0 Å². The highest BCUT2D eigenvalue weighted by molar-refractivity contribution is 7.89. The molecule has 0 spiro atoms. The van der Waals surface area contributed by atoms with Crippen molar-refractivity contribution in [3.63, 3.8) is 0 Å². The van der Waals surface area contributed by atoms with Gasteiger partial charge in [0.15, 0.2) is 0 Å². The normalized spacial score (nSPS) is 26.4. The van der Waals surface area contributed by atoms with E-state index in [0.29, 0.717) is 18.4 Å². The van der Waals surface area contributed by atoms with Crippen molar-refractivity contribution in [2.45, 2.75) is 52.0 Å². The van der Waals surface area contributed by atoms with Crippen LogP contribution in [0, 0.1) is 11.8 Å². The zero-order valence-corrected chi connectivity index (χ0v) is 11.8. The molecule has 1 aliphatic carbocycles. The fourth-order valence-corrected chi connectivity index (χ4v) is 3.64. The summed E-state index contributed by atoms with van der Waals surface area (Å²) in [6, 6.07) is 0.258. The molecule has 2 unspecified atom stereocenters. The summed E-state index contributed by atoms with van der Waals surface area (Å²) in [7, 11) is -3.08. The Balaban J connectivity index is 2.28. The van der Waals surface area contributed by atoms with E-state index in [4.69, 9.17) is 5.73 Å². The maximum Gasteiger partial charge on any atom is 0.211 e. The molecule has 1 rings (SSSR count). The first-order valence-electron chi connectivity index (χ1n) is 6.62. The zero-order chi connectivity index (χ0) is 12.9. The van der Waals surface area contributed by atoms with E-state index in [-0.39, 0.29) is 11.8 Å². The second kappa shape index (κ2) is 6.71. The van der Waals surface area contributed by atoms with E-state index < -0.39 is 10.0 Å². The highest BCUT2D eigenvalue weighted by atomic mass is 32.2. The Morgan fingerprint density at radius 2 is 2.06 bits per heavy atom. The third kappa shape index (κ3) is 6.38. The quantitative estimate of drug-likeness (QED) is 0.761. The van der Waals surface area contributed by atoms with Gasteiger partial charge in [0.05, 0.1) is 5.75 Å². The minimum atomic E-state index is -3.08. The van der Waals surface area contributed by atoms with Crippen LogP contribution in [0.4, 0.5) is 0 Å². The van der Waals surface area contributed by atoms with Crippen LogP contribution in [0.1, 0.15) is 46.0 Å². The summed E-state index contributed by atoms with van der Waals surface area (Å²) in [4.78, 5) is 0. The van der Waals surface area contributed by atoms with Crippen LogP contribution in [0.3, 0.4) is 0 Å². The average molecular weight is 262 g/mol. The van der Waals surface area contributed by atoms with Crippen molar-refractivity contribution >= 4 is 10.0 Å². The molecule has 0 aromatic rings. The van der Waals surface area contributed by atoms with Crippen LogP contribution in [0.2, 0.25) is 0 Å². The lowest BCUT2D eigenvalue weighted by atomic mass is 9.86. The van der Waals surface area contributed by atoms with Gasteiger partial charge in [0.1, 0.15) is 0 Å². The van der Waals surface area contributed by atoms with Crippen LogP contribution < -0.4 is 10.5 Å². The molecule has 0 aromatic carbocycles. The van der Waals surface area contributed by atoms with Crippen LogP contribution in [-0.2, 0) is 10.0 Å². The van der Waals surface area contributed by atoms with Crippen LogP contribution in [0.25, 0.3) is 0 Å². The van der Waals surface area contributed by atoms with Crippen LogP contribution in [-0.4, -0.2) is 26.8 Å². The molecule has 1 saturated carbocycles. The molecule has 1 aliphatic rings.